The molecule has 0 bridgehead atoms. The molecule has 0 atom stereocenters. The summed E-state index contributed by atoms with van der Waals surface area (Å²) in [6.45, 7) is 4.20. The van der Waals surface area contributed by atoms with Crippen LogP contribution in [0, 0.1) is 0 Å². The molecule has 0 aromatic rings. The first-order chi connectivity index (χ1) is 5.81. The molecule has 0 unspecified atom stereocenters. The Morgan fingerprint density at radius 2 is 1.92 bits per heavy atom. The highest BCUT2D eigenvalue weighted by molar-refractivity contribution is 9.09. The average Bonchev–Trinajstić information content (AvgIpc) is 2.05. The van der Waals surface area contributed by atoms with E-state index in [1.54, 1.807) is 7.11 Å². The number of methoxy groups -OCH3 is 1. The van der Waals surface area contributed by atoms with Gasteiger partial charge in [0.15, 0.2) is 0 Å². The lowest BCUT2D eigenvalue weighted by Gasteiger charge is -2.14. The van der Waals surface area contributed by atoms with Crippen LogP contribution in [0.25, 0.3) is 0 Å². The van der Waals surface area contributed by atoms with Gasteiger partial charge in [-0.1, -0.05) is 15.9 Å². The van der Waals surface area contributed by atoms with Crippen molar-refractivity contribution in [2.24, 2.45) is 0 Å². The summed E-state index contributed by atoms with van der Waals surface area (Å²) < 4.78 is 10.2. The molecule has 0 amide bonds. The number of rotatable bonds is 8. The molecule has 0 fully saturated rings. The van der Waals surface area contributed by atoms with E-state index in [4.69, 9.17) is 9.47 Å². The van der Waals surface area contributed by atoms with Crippen LogP contribution in [-0.4, -0.2) is 57.3 Å². The van der Waals surface area contributed by atoms with Gasteiger partial charge in [0.25, 0.3) is 0 Å². The molecule has 0 rings (SSSR count). The molecule has 4 heteroatoms. The molecular weight excluding hydrogens is 222 g/mol. The fourth-order valence-corrected chi connectivity index (χ4v) is 1.33. The monoisotopic (exact) mass is 239 g/mol. The van der Waals surface area contributed by atoms with Gasteiger partial charge in [0.1, 0.15) is 0 Å². The first-order valence-corrected chi connectivity index (χ1v) is 5.24. The number of ether oxygens (including phenoxy) is 2. The molecule has 12 heavy (non-hydrogen) atoms. The highest BCUT2D eigenvalue weighted by Crippen LogP contribution is 1.87. The van der Waals surface area contributed by atoms with Crippen LogP contribution < -0.4 is 0 Å². The number of likely N-dealkylation sites (N-methyl/N-ethyl adjacent to an activating group) is 1. The van der Waals surface area contributed by atoms with Gasteiger partial charge in [-0.3, -0.25) is 0 Å². The lowest BCUT2D eigenvalue weighted by atomic mass is 10.5. The van der Waals surface area contributed by atoms with E-state index in [2.05, 4.69) is 27.9 Å². The first kappa shape index (κ1) is 12.4. The van der Waals surface area contributed by atoms with Crippen molar-refractivity contribution in [3.63, 3.8) is 0 Å². The highest BCUT2D eigenvalue weighted by Gasteiger charge is 1.95. The maximum absolute atomic E-state index is 5.31. The molecular formula is C8H18BrNO2. The third kappa shape index (κ3) is 8.46. The van der Waals surface area contributed by atoms with Gasteiger partial charge in [0, 0.05) is 25.5 Å². The van der Waals surface area contributed by atoms with E-state index in [-0.39, 0.29) is 0 Å². The highest BCUT2D eigenvalue weighted by atomic mass is 79.9. The molecule has 0 aliphatic carbocycles. The molecule has 0 aromatic heterocycles. The van der Waals surface area contributed by atoms with E-state index in [1.165, 1.54) is 0 Å². The fraction of sp³-hybridized carbons (Fsp3) is 1.00. The predicted molar refractivity (Wildman–Crippen MR) is 54.0 cm³/mol. The minimum absolute atomic E-state index is 0.683. The Balaban J connectivity index is 2.97. The van der Waals surface area contributed by atoms with E-state index in [0.29, 0.717) is 13.2 Å². The van der Waals surface area contributed by atoms with Gasteiger partial charge in [-0.25, -0.2) is 0 Å². The second-order valence-electron chi connectivity index (χ2n) is 2.60. The number of hydrogen-bond acceptors (Lipinski definition) is 3. The second-order valence-corrected chi connectivity index (χ2v) is 3.39. The molecule has 0 aromatic carbocycles. The Morgan fingerprint density at radius 1 is 1.17 bits per heavy atom. The van der Waals surface area contributed by atoms with E-state index in [9.17, 15) is 0 Å². The molecule has 0 spiro atoms. The van der Waals surface area contributed by atoms with Gasteiger partial charge in [0.2, 0.25) is 0 Å². The zero-order valence-electron chi connectivity index (χ0n) is 7.88. The summed E-state index contributed by atoms with van der Waals surface area (Å²) in [7, 11) is 3.77. The zero-order valence-corrected chi connectivity index (χ0v) is 9.47. The fourth-order valence-electron chi connectivity index (χ4n) is 0.721. The van der Waals surface area contributed by atoms with Gasteiger partial charge < -0.3 is 14.4 Å². The summed E-state index contributed by atoms with van der Waals surface area (Å²) >= 11 is 3.38. The molecule has 0 saturated carbocycles. The quantitative estimate of drug-likeness (QED) is 0.466. The van der Waals surface area contributed by atoms with Gasteiger partial charge in [0.05, 0.1) is 19.8 Å². The average molecular weight is 240 g/mol. The van der Waals surface area contributed by atoms with Crippen molar-refractivity contribution < 1.29 is 9.47 Å². The van der Waals surface area contributed by atoms with Crippen molar-refractivity contribution in [2.75, 3.05) is 52.4 Å². The van der Waals surface area contributed by atoms with Crippen LogP contribution in [0.2, 0.25) is 0 Å². The lowest BCUT2D eigenvalue weighted by molar-refractivity contribution is 0.0613. The maximum atomic E-state index is 5.31. The van der Waals surface area contributed by atoms with Crippen LogP contribution in [0.15, 0.2) is 0 Å². The van der Waals surface area contributed by atoms with Crippen molar-refractivity contribution in [3.8, 4) is 0 Å². The standard InChI is InChI=1S/C8H18BrNO2/c1-10(4-3-9)5-6-12-8-7-11-2/h3-8H2,1-2H3. The summed E-state index contributed by atoms with van der Waals surface area (Å²) in [5, 5.41) is 1.02. The SMILES string of the molecule is COCCOCCN(C)CCBr. The van der Waals surface area contributed by atoms with E-state index in [1.807, 2.05) is 0 Å². The largest absolute Gasteiger partial charge is 0.382 e. The Kier molecular flexibility index (Phi) is 9.73. The van der Waals surface area contributed by atoms with Crippen molar-refractivity contribution >= 4 is 15.9 Å². The Bertz CT molecular complexity index is 93.1. The lowest BCUT2D eigenvalue weighted by Crippen LogP contribution is -2.25. The van der Waals surface area contributed by atoms with E-state index in [0.717, 1.165) is 25.0 Å². The van der Waals surface area contributed by atoms with E-state index >= 15 is 0 Å². The van der Waals surface area contributed by atoms with Gasteiger partial charge in [-0.2, -0.15) is 0 Å². The summed E-state index contributed by atoms with van der Waals surface area (Å²) in [5.41, 5.74) is 0. The third-order valence-corrected chi connectivity index (χ3v) is 1.87. The zero-order chi connectivity index (χ0) is 9.23. The van der Waals surface area contributed by atoms with Crippen LogP contribution >= 0.6 is 15.9 Å². The molecule has 3 nitrogen and oxygen atoms in total. The summed E-state index contributed by atoms with van der Waals surface area (Å²) in [6.07, 6.45) is 0. The summed E-state index contributed by atoms with van der Waals surface area (Å²) in [6, 6.07) is 0. The molecule has 0 aliphatic rings. The predicted octanol–water partition coefficient (Wildman–Crippen LogP) is 0.976. The van der Waals surface area contributed by atoms with Gasteiger partial charge >= 0.3 is 0 Å². The minimum atomic E-state index is 0.683. The van der Waals surface area contributed by atoms with Crippen molar-refractivity contribution in [2.45, 2.75) is 0 Å². The number of hydrogen-bond donors (Lipinski definition) is 0. The van der Waals surface area contributed by atoms with E-state index < -0.39 is 0 Å². The maximum Gasteiger partial charge on any atom is 0.0700 e. The third-order valence-electron chi connectivity index (χ3n) is 1.52. The van der Waals surface area contributed by atoms with Crippen LogP contribution in [0.3, 0.4) is 0 Å². The molecule has 0 saturated heterocycles. The molecule has 0 heterocycles. The Morgan fingerprint density at radius 3 is 2.50 bits per heavy atom. The van der Waals surface area contributed by atoms with Crippen molar-refractivity contribution in [1.82, 2.24) is 4.90 Å². The second kappa shape index (κ2) is 9.45. The minimum Gasteiger partial charge on any atom is -0.382 e. The molecule has 0 radical (unpaired) electrons. The molecule has 0 aliphatic heterocycles. The molecule has 74 valence electrons. The van der Waals surface area contributed by atoms with Crippen LogP contribution in [0.1, 0.15) is 0 Å². The summed E-state index contributed by atoms with van der Waals surface area (Å²) in [5.74, 6) is 0. The van der Waals surface area contributed by atoms with Crippen molar-refractivity contribution in [3.05, 3.63) is 0 Å². The van der Waals surface area contributed by atoms with Crippen LogP contribution in [-0.2, 0) is 9.47 Å². The smallest absolute Gasteiger partial charge is 0.0700 e. The first-order valence-electron chi connectivity index (χ1n) is 4.12. The number of alkyl halides is 1. The summed E-state index contributed by atoms with van der Waals surface area (Å²) in [4.78, 5) is 2.22. The number of nitrogens with zero attached hydrogens (tertiary/aromatic N) is 1. The van der Waals surface area contributed by atoms with Gasteiger partial charge in [-0.15, -0.1) is 0 Å². The molecule has 0 N–H and O–H groups in total. The Labute approximate surface area is 83.1 Å². The van der Waals surface area contributed by atoms with Crippen LogP contribution in [0.4, 0.5) is 0 Å². The van der Waals surface area contributed by atoms with Crippen molar-refractivity contribution in [1.29, 1.82) is 0 Å². The van der Waals surface area contributed by atoms with Crippen LogP contribution in [0.5, 0.6) is 0 Å². The Hall–Kier alpha value is 0.360. The topological polar surface area (TPSA) is 21.7 Å². The number of halogens is 1. The van der Waals surface area contributed by atoms with Gasteiger partial charge in [-0.05, 0) is 7.05 Å². The normalized spacial score (nSPS) is 11.0.